The molecule has 1 aliphatic carbocycles. The highest BCUT2D eigenvalue weighted by atomic mass is 16.5. The highest BCUT2D eigenvalue weighted by Crippen LogP contribution is 2.46. The van der Waals surface area contributed by atoms with Crippen molar-refractivity contribution in [3.8, 4) is 0 Å². The Labute approximate surface area is 207 Å². The van der Waals surface area contributed by atoms with Gasteiger partial charge in [0.1, 0.15) is 17.3 Å². The number of nitrogens with zero attached hydrogens (tertiary/aromatic N) is 2. The van der Waals surface area contributed by atoms with E-state index >= 15 is 0 Å². The summed E-state index contributed by atoms with van der Waals surface area (Å²) in [7, 11) is 1.27. The van der Waals surface area contributed by atoms with Crippen LogP contribution in [0, 0.1) is 5.92 Å². The Bertz CT molecular complexity index is 1010. The predicted octanol–water partition coefficient (Wildman–Crippen LogP) is 3.96. The van der Waals surface area contributed by atoms with Gasteiger partial charge in [-0.15, -0.1) is 4.48 Å². The summed E-state index contributed by atoms with van der Waals surface area (Å²) in [6.07, 6.45) is 6.95. The van der Waals surface area contributed by atoms with E-state index in [0.29, 0.717) is 11.1 Å². The fourth-order valence-electron chi connectivity index (χ4n) is 5.09. The zero-order valence-electron chi connectivity index (χ0n) is 21.7. The third kappa shape index (κ3) is 4.97. The van der Waals surface area contributed by atoms with Gasteiger partial charge in [0.25, 0.3) is 5.82 Å². The van der Waals surface area contributed by atoms with E-state index in [1.807, 2.05) is 13.8 Å². The van der Waals surface area contributed by atoms with Gasteiger partial charge in [-0.25, -0.2) is 9.78 Å². The Balaban J connectivity index is 1.98. The number of nitrogens with one attached hydrogen (secondary N) is 2. The Hall–Kier alpha value is -2.78. The minimum atomic E-state index is -1.14. The van der Waals surface area contributed by atoms with Gasteiger partial charge in [0.05, 0.1) is 18.7 Å². The van der Waals surface area contributed by atoms with Crippen LogP contribution >= 0.6 is 0 Å². The smallest absolute Gasteiger partial charge is 0.465 e. The molecule has 1 aliphatic heterocycles. The molecule has 9 nitrogen and oxygen atoms in total. The number of pyridine rings is 1. The number of fused-ring (bicyclic) bond motifs is 1. The van der Waals surface area contributed by atoms with E-state index in [9.17, 15) is 19.5 Å². The molecule has 2 aliphatic rings. The lowest BCUT2D eigenvalue weighted by Crippen LogP contribution is -2.60. The van der Waals surface area contributed by atoms with Gasteiger partial charge in [-0.2, -0.15) is 4.79 Å². The van der Waals surface area contributed by atoms with Gasteiger partial charge in [-0.1, -0.05) is 33.1 Å². The highest BCUT2D eigenvalue weighted by Gasteiger charge is 2.57. The standard InChI is InChI=1S/C26H38N4O5/c1-7-16(2)21(23(31)29-18-10-8-9-11-18)28-14-17-12-13-27-22-20(17)19(24(32)35-6)15-30(22,25(33)34)26(3,4)5/h12-13,15-16,18,21,28H,7-11,14H2,1-6H3,(H-,29,31,33,34)/p+1/t16-,21-,30?/m1/s1. The van der Waals surface area contributed by atoms with E-state index in [1.165, 1.54) is 13.3 Å². The number of esters is 1. The molecule has 0 aromatic carbocycles. The highest BCUT2D eigenvalue weighted by molar-refractivity contribution is 6.21. The van der Waals surface area contributed by atoms with Crippen molar-refractivity contribution in [3.63, 3.8) is 0 Å². The first-order chi connectivity index (χ1) is 16.5. The number of carbonyl (C=O) groups is 3. The van der Waals surface area contributed by atoms with E-state index in [0.717, 1.165) is 32.1 Å². The topological polar surface area (TPSA) is 118 Å². The predicted molar refractivity (Wildman–Crippen MR) is 134 cm³/mol. The summed E-state index contributed by atoms with van der Waals surface area (Å²) in [4.78, 5) is 43.0. The SMILES string of the molecule is CC[C@@H](C)[C@@H](NCc1ccnc2c1C(C(=O)OC)=C[N+]2(C(=O)O)C(C)(C)C)C(=O)NC1CCCC1. The molecule has 1 saturated carbocycles. The molecular weight excluding hydrogens is 448 g/mol. The molecule has 35 heavy (non-hydrogen) atoms. The van der Waals surface area contributed by atoms with E-state index in [1.54, 1.807) is 33.0 Å². The van der Waals surface area contributed by atoms with Crippen LogP contribution in [0.2, 0.25) is 0 Å². The van der Waals surface area contributed by atoms with E-state index in [4.69, 9.17) is 4.74 Å². The third-order valence-corrected chi connectivity index (χ3v) is 7.42. The summed E-state index contributed by atoms with van der Waals surface area (Å²) >= 11 is 0. The molecule has 1 aromatic rings. The monoisotopic (exact) mass is 487 g/mol. The number of ether oxygens (including phenoxy) is 1. The zero-order valence-corrected chi connectivity index (χ0v) is 21.7. The first kappa shape index (κ1) is 26.8. The maximum Gasteiger partial charge on any atom is 0.525 e. The van der Waals surface area contributed by atoms with Crippen molar-refractivity contribution in [2.45, 2.75) is 90.9 Å². The molecular formula is C26H39N4O5+. The molecule has 0 bridgehead atoms. The zero-order chi connectivity index (χ0) is 26.0. The van der Waals surface area contributed by atoms with Crippen molar-refractivity contribution in [3.05, 3.63) is 29.6 Å². The van der Waals surface area contributed by atoms with Crippen molar-refractivity contribution in [1.82, 2.24) is 20.1 Å². The van der Waals surface area contributed by atoms with Gasteiger partial charge >= 0.3 is 12.1 Å². The molecule has 9 heteroatoms. The molecule has 1 fully saturated rings. The Kier molecular flexibility index (Phi) is 8.01. The fraction of sp³-hybridized carbons (Fsp3) is 0.615. The van der Waals surface area contributed by atoms with Gasteiger partial charge in [-0.05, 0) is 51.2 Å². The number of aromatic nitrogens is 1. The van der Waals surface area contributed by atoms with Crippen molar-refractivity contribution < 1.29 is 24.2 Å². The first-order valence-corrected chi connectivity index (χ1v) is 12.4. The van der Waals surface area contributed by atoms with Crippen LogP contribution in [0.1, 0.15) is 77.8 Å². The van der Waals surface area contributed by atoms with Gasteiger partial charge in [0, 0.05) is 18.8 Å². The first-order valence-electron chi connectivity index (χ1n) is 12.4. The van der Waals surface area contributed by atoms with Crippen molar-refractivity contribution >= 4 is 29.4 Å². The van der Waals surface area contributed by atoms with E-state index < -0.39 is 28.1 Å². The molecule has 2 heterocycles. The number of carboxylic acid groups (broad SMARTS) is 1. The summed E-state index contributed by atoms with van der Waals surface area (Å²) in [5.74, 6) is -0.292. The Morgan fingerprint density at radius 2 is 1.91 bits per heavy atom. The third-order valence-electron chi connectivity index (χ3n) is 7.42. The summed E-state index contributed by atoms with van der Waals surface area (Å²) in [6.45, 7) is 9.73. The van der Waals surface area contributed by atoms with Crippen LogP contribution in [0.5, 0.6) is 0 Å². The molecule has 0 radical (unpaired) electrons. The summed E-state index contributed by atoms with van der Waals surface area (Å²) in [5, 5.41) is 16.9. The maximum absolute atomic E-state index is 13.1. The molecule has 0 spiro atoms. The van der Waals surface area contributed by atoms with Crippen molar-refractivity contribution in [2.75, 3.05) is 7.11 Å². The molecule has 3 rings (SSSR count). The lowest BCUT2D eigenvalue weighted by atomic mass is 9.96. The number of hydrogen-bond acceptors (Lipinski definition) is 6. The van der Waals surface area contributed by atoms with Gasteiger partial charge in [0.15, 0.2) is 0 Å². The minimum Gasteiger partial charge on any atom is -0.465 e. The average molecular weight is 488 g/mol. The van der Waals surface area contributed by atoms with Crippen LogP contribution in [0.3, 0.4) is 0 Å². The van der Waals surface area contributed by atoms with Crippen molar-refractivity contribution in [2.24, 2.45) is 5.92 Å². The average Bonchev–Trinajstić information content (AvgIpc) is 3.44. The molecule has 1 unspecified atom stereocenters. The summed E-state index contributed by atoms with van der Waals surface area (Å²) in [6, 6.07) is 1.56. The fourth-order valence-corrected chi connectivity index (χ4v) is 5.09. The molecule has 1 aromatic heterocycles. The van der Waals surface area contributed by atoms with Crippen LogP contribution < -0.4 is 15.1 Å². The Morgan fingerprint density at radius 3 is 2.46 bits per heavy atom. The molecule has 2 amide bonds. The van der Waals surface area contributed by atoms with Crippen LogP contribution in [0.15, 0.2) is 18.5 Å². The van der Waals surface area contributed by atoms with Crippen LogP contribution in [-0.4, -0.2) is 52.8 Å². The van der Waals surface area contributed by atoms with Gasteiger partial charge < -0.3 is 20.5 Å². The van der Waals surface area contributed by atoms with Crippen LogP contribution in [-0.2, 0) is 20.9 Å². The lowest BCUT2D eigenvalue weighted by molar-refractivity contribution is -0.133. The molecule has 0 saturated heterocycles. The minimum absolute atomic E-state index is 0.0222. The number of amides is 2. The van der Waals surface area contributed by atoms with Crippen LogP contribution in [0.25, 0.3) is 5.57 Å². The molecule has 3 atom stereocenters. The largest absolute Gasteiger partial charge is 0.525 e. The van der Waals surface area contributed by atoms with E-state index in [-0.39, 0.29) is 35.8 Å². The maximum atomic E-state index is 13.1. The van der Waals surface area contributed by atoms with Gasteiger partial charge in [-0.3, -0.25) is 4.79 Å². The second kappa shape index (κ2) is 10.5. The second-order valence-corrected chi connectivity index (χ2v) is 10.6. The lowest BCUT2D eigenvalue weighted by Gasteiger charge is -2.37. The number of carbonyl (C=O) groups excluding carboxylic acids is 2. The van der Waals surface area contributed by atoms with Crippen molar-refractivity contribution in [1.29, 1.82) is 0 Å². The quantitative estimate of drug-likeness (QED) is 0.375. The van der Waals surface area contributed by atoms with Crippen LogP contribution in [0.4, 0.5) is 10.6 Å². The summed E-state index contributed by atoms with van der Waals surface area (Å²) in [5.41, 5.74) is 0.484. The Morgan fingerprint density at radius 1 is 1.26 bits per heavy atom. The molecule has 3 N–H and O–H groups in total. The number of methoxy groups -OCH3 is 1. The van der Waals surface area contributed by atoms with Gasteiger partial charge in [0.2, 0.25) is 5.91 Å². The normalized spacial score (nSPS) is 21.7. The number of hydrogen-bond donors (Lipinski definition) is 3. The second-order valence-electron chi connectivity index (χ2n) is 10.6. The number of rotatable bonds is 8. The molecule has 192 valence electrons. The van der Waals surface area contributed by atoms with E-state index in [2.05, 4.69) is 15.6 Å². The summed E-state index contributed by atoms with van der Waals surface area (Å²) < 4.78 is 4.38. The number of quaternary nitrogens is 1.